The van der Waals surface area contributed by atoms with E-state index >= 15 is 0 Å². The van der Waals surface area contributed by atoms with Crippen molar-refractivity contribution in [2.45, 2.75) is 46.1 Å². The van der Waals surface area contributed by atoms with Crippen molar-refractivity contribution >= 4 is 5.91 Å². The molecule has 0 bridgehead atoms. The molecule has 0 saturated heterocycles. The molecule has 0 spiro atoms. The van der Waals surface area contributed by atoms with Crippen molar-refractivity contribution in [1.82, 2.24) is 15.0 Å². The highest BCUT2D eigenvalue weighted by Gasteiger charge is 2.16. The van der Waals surface area contributed by atoms with Crippen LogP contribution in [-0.2, 0) is 17.8 Å². The maximum atomic E-state index is 12.8. The van der Waals surface area contributed by atoms with Crippen molar-refractivity contribution < 1.29 is 18.8 Å². The molecule has 0 fully saturated rings. The lowest BCUT2D eigenvalue weighted by molar-refractivity contribution is -0.131. The summed E-state index contributed by atoms with van der Waals surface area (Å²) in [6, 6.07) is 13.8. The summed E-state index contributed by atoms with van der Waals surface area (Å²) in [6.07, 6.45) is 0.702. The number of hydrogen-bond acceptors (Lipinski definition) is 6. The van der Waals surface area contributed by atoms with Crippen LogP contribution in [0.1, 0.15) is 50.1 Å². The Morgan fingerprint density at radius 2 is 1.78 bits per heavy atom. The maximum Gasteiger partial charge on any atom is 0.227 e. The van der Waals surface area contributed by atoms with Crippen LogP contribution in [-0.4, -0.2) is 41.7 Å². The van der Waals surface area contributed by atoms with Gasteiger partial charge in [-0.3, -0.25) is 4.79 Å². The lowest BCUT2D eigenvalue weighted by Crippen LogP contribution is -2.30. The van der Waals surface area contributed by atoms with E-state index in [9.17, 15) is 4.79 Å². The number of hydrogen-bond donors (Lipinski definition) is 0. The van der Waals surface area contributed by atoms with Crippen LogP contribution >= 0.6 is 0 Å². The van der Waals surface area contributed by atoms with Gasteiger partial charge in [0, 0.05) is 31.5 Å². The van der Waals surface area contributed by atoms with Crippen LogP contribution in [0, 0.1) is 0 Å². The standard InChI is InChI=1S/C25H31N3O4/c1-6-28(16-18-7-12-21(30-4)22(15-18)31-5)24(29)14-13-23-26-25(27-32-23)20-10-8-19(9-11-20)17(2)3/h7-12,15,17H,6,13-14,16H2,1-5H3. The second-order valence-electron chi connectivity index (χ2n) is 7.89. The van der Waals surface area contributed by atoms with Gasteiger partial charge in [0.05, 0.1) is 14.2 Å². The van der Waals surface area contributed by atoms with E-state index in [1.807, 2.05) is 37.3 Å². The molecule has 0 aliphatic carbocycles. The smallest absolute Gasteiger partial charge is 0.227 e. The molecule has 2 aromatic carbocycles. The molecule has 1 aromatic heterocycles. The van der Waals surface area contributed by atoms with Crippen LogP contribution in [0.5, 0.6) is 11.5 Å². The molecular weight excluding hydrogens is 406 g/mol. The molecule has 0 saturated carbocycles. The van der Waals surface area contributed by atoms with E-state index in [4.69, 9.17) is 14.0 Å². The molecule has 32 heavy (non-hydrogen) atoms. The van der Waals surface area contributed by atoms with Gasteiger partial charge >= 0.3 is 0 Å². The average Bonchev–Trinajstić information content (AvgIpc) is 3.30. The molecule has 0 radical (unpaired) electrons. The Bertz CT molecular complexity index is 1030. The minimum Gasteiger partial charge on any atom is -0.493 e. The fourth-order valence-electron chi connectivity index (χ4n) is 3.44. The molecule has 7 heteroatoms. The summed E-state index contributed by atoms with van der Waals surface area (Å²) in [5.41, 5.74) is 3.14. The summed E-state index contributed by atoms with van der Waals surface area (Å²) in [5, 5.41) is 4.07. The molecule has 1 heterocycles. The van der Waals surface area contributed by atoms with Crippen molar-refractivity contribution in [3.8, 4) is 22.9 Å². The van der Waals surface area contributed by atoms with E-state index in [1.165, 1.54) is 5.56 Å². The molecule has 170 valence electrons. The number of aryl methyl sites for hydroxylation is 1. The van der Waals surface area contributed by atoms with Crippen LogP contribution in [0.15, 0.2) is 47.0 Å². The molecule has 0 atom stereocenters. The van der Waals surface area contributed by atoms with Gasteiger partial charge in [0.15, 0.2) is 11.5 Å². The van der Waals surface area contributed by atoms with Gasteiger partial charge in [0.25, 0.3) is 0 Å². The number of benzene rings is 2. The van der Waals surface area contributed by atoms with E-state index < -0.39 is 0 Å². The summed E-state index contributed by atoms with van der Waals surface area (Å²) in [6.45, 7) is 7.37. The minimum atomic E-state index is 0.0309. The first-order valence-corrected chi connectivity index (χ1v) is 10.9. The molecule has 0 aliphatic heterocycles. The van der Waals surface area contributed by atoms with Gasteiger partial charge in [0.2, 0.25) is 17.6 Å². The van der Waals surface area contributed by atoms with Crippen LogP contribution < -0.4 is 9.47 Å². The van der Waals surface area contributed by atoms with Gasteiger partial charge in [-0.05, 0) is 36.1 Å². The van der Waals surface area contributed by atoms with Crippen molar-refractivity contribution in [2.24, 2.45) is 0 Å². The normalized spacial score (nSPS) is 10.9. The van der Waals surface area contributed by atoms with Crippen molar-refractivity contribution in [1.29, 1.82) is 0 Å². The summed E-state index contributed by atoms with van der Waals surface area (Å²) in [5.74, 6) is 2.81. The number of methoxy groups -OCH3 is 2. The van der Waals surface area contributed by atoms with E-state index in [2.05, 4.69) is 36.1 Å². The molecule has 7 nitrogen and oxygen atoms in total. The van der Waals surface area contributed by atoms with Crippen molar-refractivity contribution in [3.63, 3.8) is 0 Å². The van der Waals surface area contributed by atoms with E-state index in [0.717, 1.165) is 11.1 Å². The highest BCUT2D eigenvalue weighted by Crippen LogP contribution is 2.28. The fraction of sp³-hybridized carbons (Fsp3) is 0.400. The number of carbonyl (C=O) groups excluding carboxylic acids is 1. The second-order valence-corrected chi connectivity index (χ2v) is 7.89. The lowest BCUT2D eigenvalue weighted by Gasteiger charge is -2.21. The highest BCUT2D eigenvalue weighted by molar-refractivity contribution is 5.76. The van der Waals surface area contributed by atoms with Crippen LogP contribution in [0.4, 0.5) is 0 Å². The Kier molecular flexibility index (Phi) is 7.87. The molecular formula is C25H31N3O4. The van der Waals surface area contributed by atoms with Crippen molar-refractivity contribution in [2.75, 3.05) is 20.8 Å². The predicted octanol–water partition coefficient (Wildman–Crippen LogP) is 4.86. The minimum absolute atomic E-state index is 0.0309. The number of carbonyl (C=O) groups is 1. The van der Waals surface area contributed by atoms with Gasteiger partial charge in [-0.25, -0.2) is 0 Å². The molecule has 0 N–H and O–H groups in total. The maximum absolute atomic E-state index is 12.8. The second kappa shape index (κ2) is 10.8. The summed E-state index contributed by atoms with van der Waals surface area (Å²) in [7, 11) is 3.20. The zero-order valence-corrected chi connectivity index (χ0v) is 19.4. The Balaban J connectivity index is 1.59. The number of nitrogens with zero attached hydrogens (tertiary/aromatic N) is 3. The Morgan fingerprint density at radius 3 is 2.41 bits per heavy atom. The zero-order chi connectivity index (χ0) is 23.1. The van der Waals surface area contributed by atoms with E-state index in [-0.39, 0.29) is 5.91 Å². The lowest BCUT2D eigenvalue weighted by atomic mass is 10.0. The molecule has 1 amide bonds. The van der Waals surface area contributed by atoms with E-state index in [1.54, 1.807) is 19.1 Å². The number of rotatable bonds is 10. The third-order valence-electron chi connectivity index (χ3n) is 5.41. The molecule has 3 aromatic rings. The van der Waals surface area contributed by atoms with Crippen LogP contribution in [0.3, 0.4) is 0 Å². The van der Waals surface area contributed by atoms with Gasteiger partial charge in [-0.1, -0.05) is 49.3 Å². The fourth-order valence-corrected chi connectivity index (χ4v) is 3.44. The van der Waals surface area contributed by atoms with Gasteiger partial charge in [0.1, 0.15) is 0 Å². The van der Waals surface area contributed by atoms with Gasteiger partial charge in [-0.2, -0.15) is 4.98 Å². The first-order chi connectivity index (χ1) is 15.4. The van der Waals surface area contributed by atoms with Gasteiger partial charge < -0.3 is 18.9 Å². The highest BCUT2D eigenvalue weighted by atomic mass is 16.5. The summed E-state index contributed by atoms with van der Waals surface area (Å²) < 4.78 is 16.0. The summed E-state index contributed by atoms with van der Waals surface area (Å²) in [4.78, 5) is 19.0. The quantitative estimate of drug-likeness (QED) is 0.451. The number of amides is 1. The molecule has 0 unspecified atom stereocenters. The Hall–Kier alpha value is -3.35. The third-order valence-corrected chi connectivity index (χ3v) is 5.41. The van der Waals surface area contributed by atoms with Crippen LogP contribution in [0.2, 0.25) is 0 Å². The molecule has 0 aliphatic rings. The SMILES string of the molecule is CCN(Cc1ccc(OC)c(OC)c1)C(=O)CCc1nc(-c2ccc(C(C)C)cc2)no1. The first-order valence-electron chi connectivity index (χ1n) is 10.9. The van der Waals surface area contributed by atoms with Crippen molar-refractivity contribution in [3.05, 3.63) is 59.5 Å². The number of aromatic nitrogens is 2. The largest absolute Gasteiger partial charge is 0.493 e. The third kappa shape index (κ3) is 5.66. The number of ether oxygens (including phenoxy) is 2. The predicted molar refractivity (Wildman–Crippen MR) is 123 cm³/mol. The zero-order valence-electron chi connectivity index (χ0n) is 19.4. The topological polar surface area (TPSA) is 77.7 Å². The summed E-state index contributed by atoms with van der Waals surface area (Å²) >= 11 is 0. The molecule has 3 rings (SSSR count). The average molecular weight is 438 g/mol. The van der Waals surface area contributed by atoms with Crippen LogP contribution in [0.25, 0.3) is 11.4 Å². The Labute approximate surface area is 189 Å². The van der Waals surface area contributed by atoms with E-state index in [0.29, 0.717) is 55.1 Å². The Morgan fingerprint density at radius 1 is 1.06 bits per heavy atom. The van der Waals surface area contributed by atoms with Gasteiger partial charge in [-0.15, -0.1) is 0 Å². The first kappa shape index (κ1) is 23.3. The monoisotopic (exact) mass is 437 g/mol.